The van der Waals surface area contributed by atoms with Crippen molar-refractivity contribution in [2.24, 2.45) is 0 Å². The van der Waals surface area contributed by atoms with Gasteiger partial charge in [-0.15, -0.1) is 11.3 Å². The third-order valence-electron chi connectivity index (χ3n) is 2.75. The molecule has 2 rings (SSSR count). The van der Waals surface area contributed by atoms with Crippen LogP contribution in [0.1, 0.15) is 28.7 Å². The Morgan fingerprint density at radius 1 is 1.33 bits per heavy atom. The summed E-state index contributed by atoms with van der Waals surface area (Å²) in [6, 6.07) is 7.64. The van der Waals surface area contributed by atoms with Gasteiger partial charge in [0.2, 0.25) is 0 Å². The molecule has 0 aliphatic rings. The zero-order valence-electron chi connectivity index (χ0n) is 12.3. The van der Waals surface area contributed by atoms with Crippen molar-refractivity contribution in [2.75, 3.05) is 19.0 Å². The van der Waals surface area contributed by atoms with E-state index in [9.17, 15) is 4.79 Å². The summed E-state index contributed by atoms with van der Waals surface area (Å²) in [5.41, 5.74) is 1.25. The van der Waals surface area contributed by atoms with E-state index in [-0.39, 0.29) is 0 Å². The molecule has 0 bridgehead atoms. The van der Waals surface area contributed by atoms with Crippen LogP contribution in [0.25, 0.3) is 0 Å². The van der Waals surface area contributed by atoms with Crippen LogP contribution in [-0.4, -0.2) is 24.7 Å². The van der Waals surface area contributed by atoms with Crippen molar-refractivity contribution in [3.8, 4) is 5.75 Å². The lowest BCUT2D eigenvalue weighted by Gasteiger charge is -2.06. The number of carbonyl (C=O) groups excluding carboxylic acids is 1. The van der Waals surface area contributed by atoms with Gasteiger partial charge in [0.1, 0.15) is 5.75 Å². The highest BCUT2D eigenvalue weighted by atomic mass is 32.1. The second kappa shape index (κ2) is 7.08. The Morgan fingerprint density at radius 3 is 2.67 bits per heavy atom. The van der Waals surface area contributed by atoms with Gasteiger partial charge in [0, 0.05) is 10.6 Å². The molecule has 0 aliphatic heterocycles. The fourth-order valence-corrected chi connectivity index (χ4v) is 2.54. The van der Waals surface area contributed by atoms with Crippen molar-refractivity contribution in [3.05, 3.63) is 34.8 Å². The largest absolute Gasteiger partial charge is 0.494 e. The molecular weight excluding hydrogens is 288 g/mol. The van der Waals surface area contributed by atoms with Crippen LogP contribution in [0.5, 0.6) is 5.75 Å². The van der Waals surface area contributed by atoms with Gasteiger partial charge in [-0.2, -0.15) is 0 Å². The molecule has 0 radical (unpaired) electrons. The van der Waals surface area contributed by atoms with E-state index in [2.05, 4.69) is 17.2 Å². The fourth-order valence-electron chi connectivity index (χ4n) is 1.71. The molecule has 1 heterocycles. The van der Waals surface area contributed by atoms with Crippen LogP contribution in [-0.2, 0) is 4.74 Å². The van der Waals surface area contributed by atoms with E-state index in [4.69, 9.17) is 9.47 Å². The van der Waals surface area contributed by atoms with Gasteiger partial charge < -0.3 is 14.8 Å². The summed E-state index contributed by atoms with van der Waals surface area (Å²) in [6.45, 7) is 4.62. The lowest BCUT2D eigenvalue weighted by Crippen LogP contribution is -2.03. The van der Waals surface area contributed by atoms with Crippen LogP contribution in [0.2, 0.25) is 0 Å². The lowest BCUT2D eigenvalue weighted by molar-refractivity contribution is 0.0594. The molecule has 0 spiro atoms. The molecule has 21 heavy (non-hydrogen) atoms. The summed E-state index contributed by atoms with van der Waals surface area (Å²) in [7, 11) is 1.35. The number of thiazole rings is 1. The van der Waals surface area contributed by atoms with E-state index in [1.807, 2.05) is 31.2 Å². The Bertz CT molecular complexity index is 608. The fraction of sp³-hybridized carbons (Fsp3) is 0.333. The minimum absolute atomic E-state index is 0.355. The van der Waals surface area contributed by atoms with Crippen LogP contribution < -0.4 is 10.1 Å². The molecule has 0 atom stereocenters. The molecular formula is C15H18N2O3S. The highest BCUT2D eigenvalue weighted by molar-refractivity contribution is 7.15. The number of hydrogen-bond donors (Lipinski definition) is 1. The summed E-state index contributed by atoms with van der Waals surface area (Å²) in [6.07, 6.45) is 0.981. The Kier molecular flexibility index (Phi) is 5.16. The van der Waals surface area contributed by atoms with Crippen LogP contribution in [0.3, 0.4) is 0 Å². The molecule has 1 aromatic carbocycles. The lowest BCUT2D eigenvalue weighted by atomic mass is 10.3. The van der Waals surface area contributed by atoms with E-state index < -0.39 is 5.97 Å². The molecule has 112 valence electrons. The second-order valence-electron chi connectivity index (χ2n) is 4.41. The third-order valence-corrected chi connectivity index (χ3v) is 3.64. The number of nitrogens with zero attached hydrogens (tertiary/aromatic N) is 1. The quantitative estimate of drug-likeness (QED) is 0.823. The van der Waals surface area contributed by atoms with Crippen molar-refractivity contribution in [2.45, 2.75) is 20.3 Å². The number of esters is 1. The van der Waals surface area contributed by atoms with Gasteiger partial charge in [0.05, 0.1) is 13.7 Å². The third kappa shape index (κ3) is 3.95. The highest BCUT2D eigenvalue weighted by Crippen LogP contribution is 2.26. The first-order valence-electron chi connectivity index (χ1n) is 6.69. The molecule has 1 aromatic heterocycles. The number of hydrogen-bond acceptors (Lipinski definition) is 6. The minimum Gasteiger partial charge on any atom is -0.494 e. The van der Waals surface area contributed by atoms with E-state index in [0.29, 0.717) is 17.4 Å². The average Bonchev–Trinajstić information content (AvgIpc) is 2.86. The molecule has 0 unspecified atom stereocenters. The SMILES string of the molecule is CCCOc1ccc(Nc2nc(C(=O)OC)c(C)s2)cc1. The van der Waals surface area contributed by atoms with Crippen LogP contribution >= 0.6 is 11.3 Å². The predicted molar refractivity (Wildman–Crippen MR) is 83.7 cm³/mol. The molecule has 0 saturated carbocycles. The Hall–Kier alpha value is -2.08. The van der Waals surface area contributed by atoms with Crippen LogP contribution in [0.15, 0.2) is 24.3 Å². The van der Waals surface area contributed by atoms with Gasteiger partial charge in [-0.1, -0.05) is 6.92 Å². The topological polar surface area (TPSA) is 60.5 Å². The molecule has 0 aliphatic carbocycles. The van der Waals surface area contributed by atoms with E-state index in [1.54, 1.807) is 0 Å². The molecule has 0 fully saturated rings. The average molecular weight is 306 g/mol. The molecule has 5 nitrogen and oxygen atoms in total. The van der Waals surface area contributed by atoms with Gasteiger partial charge in [-0.05, 0) is 37.6 Å². The number of nitrogens with one attached hydrogen (secondary N) is 1. The number of benzene rings is 1. The molecule has 6 heteroatoms. The van der Waals surface area contributed by atoms with E-state index in [1.165, 1.54) is 18.4 Å². The summed E-state index contributed by atoms with van der Waals surface area (Å²) in [5, 5.41) is 3.83. The zero-order valence-corrected chi connectivity index (χ0v) is 13.1. The molecule has 2 aromatic rings. The summed E-state index contributed by atoms with van der Waals surface area (Å²) < 4.78 is 10.2. The van der Waals surface area contributed by atoms with E-state index in [0.717, 1.165) is 22.7 Å². The maximum Gasteiger partial charge on any atom is 0.357 e. The first-order chi connectivity index (χ1) is 10.1. The van der Waals surface area contributed by atoms with Gasteiger partial charge in [0.15, 0.2) is 10.8 Å². The number of rotatable bonds is 6. The molecule has 0 saturated heterocycles. The van der Waals surface area contributed by atoms with Gasteiger partial charge in [-0.25, -0.2) is 9.78 Å². The Labute approximate surface area is 127 Å². The Balaban J connectivity index is 2.06. The number of aryl methyl sites for hydroxylation is 1. The van der Waals surface area contributed by atoms with Crippen LogP contribution in [0.4, 0.5) is 10.8 Å². The monoisotopic (exact) mass is 306 g/mol. The number of anilines is 2. The van der Waals surface area contributed by atoms with Crippen LogP contribution in [0, 0.1) is 6.92 Å². The summed E-state index contributed by atoms with van der Waals surface area (Å²) in [5.74, 6) is 0.424. The highest BCUT2D eigenvalue weighted by Gasteiger charge is 2.15. The molecule has 1 N–H and O–H groups in total. The van der Waals surface area contributed by atoms with Crippen molar-refractivity contribution < 1.29 is 14.3 Å². The Morgan fingerprint density at radius 2 is 2.05 bits per heavy atom. The zero-order chi connectivity index (χ0) is 15.2. The smallest absolute Gasteiger partial charge is 0.357 e. The van der Waals surface area contributed by atoms with Crippen molar-refractivity contribution in [3.63, 3.8) is 0 Å². The standard InChI is InChI=1S/C15H18N2O3S/c1-4-9-20-12-7-5-11(6-8-12)16-15-17-13(10(2)21-15)14(18)19-3/h5-8H,4,9H2,1-3H3,(H,16,17). The van der Waals surface area contributed by atoms with Gasteiger partial charge >= 0.3 is 5.97 Å². The van der Waals surface area contributed by atoms with Gasteiger partial charge in [0.25, 0.3) is 0 Å². The summed E-state index contributed by atoms with van der Waals surface area (Å²) >= 11 is 1.42. The number of ether oxygens (including phenoxy) is 2. The number of methoxy groups -OCH3 is 1. The van der Waals surface area contributed by atoms with Crippen molar-refractivity contribution in [1.82, 2.24) is 4.98 Å². The van der Waals surface area contributed by atoms with Crippen molar-refractivity contribution in [1.29, 1.82) is 0 Å². The van der Waals surface area contributed by atoms with Gasteiger partial charge in [-0.3, -0.25) is 0 Å². The number of aromatic nitrogens is 1. The van der Waals surface area contributed by atoms with E-state index >= 15 is 0 Å². The summed E-state index contributed by atoms with van der Waals surface area (Å²) in [4.78, 5) is 16.6. The molecule has 0 amide bonds. The second-order valence-corrected chi connectivity index (χ2v) is 5.62. The maximum atomic E-state index is 11.5. The van der Waals surface area contributed by atoms with Crippen molar-refractivity contribution >= 4 is 28.1 Å². The minimum atomic E-state index is -0.417. The maximum absolute atomic E-state index is 11.5. The first kappa shape index (κ1) is 15.3. The number of carbonyl (C=O) groups is 1. The first-order valence-corrected chi connectivity index (χ1v) is 7.51. The predicted octanol–water partition coefficient (Wildman–Crippen LogP) is 3.77. The normalized spacial score (nSPS) is 10.2.